The molecule has 0 aliphatic carbocycles. The van der Waals surface area contributed by atoms with Crippen LogP contribution in [0.2, 0.25) is 0 Å². The zero-order valence-corrected chi connectivity index (χ0v) is 10.2. The molecule has 0 aromatic rings. The number of rotatable bonds is 7. The lowest BCUT2D eigenvalue weighted by molar-refractivity contribution is -0.131. The molecule has 0 unspecified atom stereocenters. The van der Waals surface area contributed by atoms with E-state index in [4.69, 9.17) is 0 Å². The number of nitrogens with zero attached hydrogens (tertiary/aromatic N) is 1. The number of hydrogen-bond acceptors (Lipinski definition) is 1. The maximum absolute atomic E-state index is 11.8. The van der Waals surface area contributed by atoms with Crippen LogP contribution in [0.3, 0.4) is 0 Å². The number of carbonyl (C=O) groups excluding carboxylic acids is 1. The van der Waals surface area contributed by atoms with E-state index in [-0.39, 0.29) is 0 Å². The van der Waals surface area contributed by atoms with Crippen LogP contribution in [0.15, 0.2) is 0 Å². The standard InChI is InChI=1S/C12H25NO/c1-5-7-8-12(14)13(9-6-2)10-11(3)4/h11H,5-10H2,1-4H3. The second kappa shape index (κ2) is 7.84. The van der Waals surface area contributed by atoms with Crippen molar-refractivity contribution in [1.29, 1.82) is 0 Å². The Morgan fingerprint density at radius 1 is 1.21 bits per heavy atom. The predicted molar refractivity (Wildman–Crippen MR) is 61.2 cm³/mol. The third kappa shape index (κ3) is 6.01. The molecule has 0 spiro atoms. The van der Waals surface area contributed by atoms with Crippen molar-refractivity contribution in [2.75, 3.05) is 13.1 Å². The highest BCUT2D eigenvalue weighted by Crippen LogP contribution is 2.05. The van der Waals surface area contributed by atoms with Gasteiger partial charge in [0.25, 0.3) is 0 Å². The predicted octanol–water partition coefficient (Wildman–Crippen LogP) is 3.07. The summed E-state index contributed by atoms with van der Waals surface area (Å²) in [5.41, 5.74) is 0. The van der Waals surface area contributed by atoms with E-state index in [9.17, 15) is 4.79 Å². The highest BCUT2D eigenvalue weighted by Gasteiger charge is 2.12. The Balaban J connectivity index is 3.97. The summed E-state index contributed by atoms with van der Waals surface area (Å²) in [5.74, 6) is 0.912. The minimum absolute atomic E-state index is 0.336. The summed E-state index contributed by atoms with van der Waals surface area (Å²) < 4.78 is 0. The van der Waals surface area contributed by atoms with Crippen molar-refractivity contribution in [3.8, 4) is 0 Å². The van der Waals surface area contributed by atoms with Crippen molar-refractivity contribution in [3.63, 3.8) is 0 Å². The molecule has 0 saturated carbocycles. The monoisotopic (exact) mass is 199 g/mol. The van der Waals surface area contributed by atoms with Gasteiger partial charge in [-0.2, -0.15) is 0 Å². The molecule has 0 heterocycles. The lowest BCUT2D eigenvalue weighted by atomic mass is 10.1. The Morgan fingerprint density at radius 2 is 1.86 bits per heavy atom. The highest BCUT2D eigenvalue weighted by molar-refractivity contribution is 5.76. The van der Waals surface area contributed by atoms with E-state index in [0.29, 0.717) is 11.8 Å². The van der Waals surface area contributed by atoms with E-state index in [0.717, 1.165) is 38.8 Å². The summed E-state index contributed by atoms with van der Waals surface area (Å²) in [6, 6.07) is 0. The molecule has 0 aromatic carbocycles. The molecule has 84 valence electrons. The van der Waals surface area contributed by atoms with E-state index in [2.05, 4.69) is 27.7 Å². The van der Waals surface area contributed by atoms with E-state index in [1.165, 1.54) is 0 Å². The van der Waals surface area contributed by atoms with Crippen molar-refractivity contribution in [1.82, 2.24) is 4.90 Å². The topological polar surface area (TPSA) is 20.3 Å². The first-order valence-corrected chi connectivity index (χ1v) is 5.89. The fourth-order valence-electron chi connectivity index (χ4n) is 1.51. The minimum atomic E-state index is 0.336. The number of amides is 1. The zero-order valence-electron chi connectivity index (χ0n) is 10.2. The smallest absolute Gasteiger partial charge is 0.222 e. The van der Waals surface area contributed by atoms with Crippen LogP contribution in [-0.2, 0) is 4.79 Å². The summed E-state index contributed by atoms with van der Waals surface area (Å²) in [7, 11) is 0. The van der Waals surface area contributed by atoms with Crippen LogP contribution in [0, 0.1) is 5.92 Å². The van der Waals surface area contributed by atoms with Crippen LogP contribution in [0.4, 0.5) is 0 Å². The third-order valence-electron chi connectivity index (χ3n) is 2.18. The maximum Gasteiger partial charge on any atom is 0.222 e. The Morgan fingerprint density at radius 3 is 2.29 bits per heavy atom. The van der Waals surface area contributed by atoms with Gasteiger partial charge in [0, 0.05) is 19.5 Å². The molecule has 0 rings (SSSR count). The quantitative estimate of drug-likeness (QED) is 0.617. The molecular formula is C12H25NO. The van der Waals surface area contributed by atoms with Gasteiger partial charge in [-0.25, -0.2) is 0 Å². The number of unbranched alkanes of at least 4 members (excludes halogenated alkanes) is 1. The van der Waals surface area contributed by atoms with E-state index >= 15 is 0 Å². The van der Waals surface area contributed by atoms with Crippen molar-refractivity contribution < 1.29 is 4.79 Å². The fourth-order valence-corrected chi connectivity index (χ4v) is 1.51. The molecule has 2 nitrogen and oxygen atoms in total. The second-order valence-corrected chi connectivity index (χ2v) is 4.34. The van der Waals surface area contributed by atoms with Crippen LogP contribution in [0.5, 0.6) is 0 Å². The van der Waals surface area contributed by atoms with E-state index in [1.807, 2.05) is 4.90 Å². The largest absolute Gasteiger partial charge is 0.342 e. The molecule has 14 heavy (non-hydrogen) atoms. The highest BCUT2D eigenvalue weighted by atomic mass is 16.2. The summed E-state index contributed by atoms with van der Waals surface area (Å²) in [4.78, 5) is 13.8. The molecule has 0 saturated heterocycles. The third-order valence-corrected chi connectivity index (χ3v) is 2.18. The normalized spacial score (nSPS) is 10.6. The summed E-state index contributed by atoms with van der Waals surface area (Å²) in [6.45, 7) is 10.4. The van der Waals surface area contributed by atoms with E-state index in [1.54, 1.807) is 0 Å². The summed E-state index contributed by atoms with van der Waals surface area (Å²) >= 11 is 0. The van der Waals surface area contributed by atoms with Crippen LogP contribution >= 0.6 is 0 Å². The summed E-state index contributed by atoms with van der Waals surface area (Å²) in [6.07, 6.45) is 3.92. The number of carbonyl (C=O) groups is 1. The molecule has 0 N–H and O–H groups in total. The molecule has 0 aromatic heterocycles. The maximum atomic E-state index is 11.8. The molecule has 0 radical (unpaired) electrons. The molecule has 0 bridgehead atoms. The average molecular weight is 199 g/mol. The van der Waals surface area contributed by atoms with Gasteiger partial charge < -0.3 is 4.90 Å². The van der Waals surface area contributed by atoms with Crippen molar-refractivity contribution >= 4 is 5.91 Å². The Kier molecular flexibility index (Phi) is 7.54. The molecule has 0 aliphatic heterocycles. The van der Waals surface area contributed by atoms with Gasteiger partial charge in [0.05, 0.1) is 0 Å². The first kappa shape index (κ1) is 13.5. The van der Waals surface area contributed by atoms with Crippen molar-refractivity contribution in [3.05, 3.63) is 0 Å². The molecule has 1 amide bonds. The van der Waals surface area contributed by atoms with Gasteiger partial charge in [0.1, 0.15) is 0 Å². The lowest BCUT2D eigenvalue weighted by Gasteiger charge is -2.24. The minimum Gasteiger partial charge on any atom is -0.342 e. The van der Waals surface area contributed by atoms with Crippen molar-refractivity contribution in [2.45, 2.75) is 53.4 Å². The van der Waals surface area contributed by atoms with Crippen LogP contribution in [-0.4, -0.2) is 23.9 Å². The van der Waals surface area contributed by atoms with Crippen LogP contribution < -0.4 is 0 Å². The molecule has 2 heteroatoms. The SMILES string of the molecule is CCCCC(=O)N(CCC)CC(C)C. The Bertz CT molecular complexity index is 154. The number of hydrogen-bond donors (Lipinski definition) is 0. The first-order valence-electron chi connectivity index (χ1n) is 5.89. The van der Waals surface area contributed by atoms with E-state index < -0.39 is 0 Å². The van der Waals surface area contributed by atoms with Gasteiger partial charge in [0.15, 0.2) is 0 Å². The molecule has 0 aliphatic rings. The van der Waals surface area contributed by atoms with Gasteiger partial charge in [-0.1, -0.05) is 34.1 Å². The fraction of sp³-hybridized carbons (Fsp3) is 0.917. The van der Waals surface area contributed by atoms with Gasteiger partial charge in [-0.05, 0) is 18.8 Å². The Hall–Kier alpha value is -0.530. The second-order valence-electron chi connectivity index (χ2n) is 4.34. The van der Waals surface area contributed by atoms with Gasteiger partial charge in [-0.15, -0.1) is 0 Å². The first-order chi connectivity index (χ1) is 6.61. The zero-order chi connectivity index (χ0) is 11.0. The lowest BCUT2D eigenvalue weighted by Crippen LogP contribution is -2.34. The molecule has 0 atom stereocenters. The Labute approximate surface area is 88.7 Å². The van der Waals surface area contributed by atoms with Gasteiger partial charge in [0.2, 0.25) is 5.91 Å². The van der Waals surface area contributed by atoms with Crippen LogP contribution in [0.1, 0.15) is 53.4 Å². The van der Waals surface area contributed by atoms with Crippen molar-refractivity contribution in [2.24, 2.45) is 5.92 Å². The van der Waals surface area contributed by atoms with Gasteiger partial charge >= 0.3 is 0 Å². The summed E-state index contributed by atoms with van der Waals surface area (Å²) in [5, 5.41) is 0. The molecular weight excluding hydrogens is 174 g/mol. The molecule has 0 fully saturated rings. The van der Waals surface area contributed by atoms with Crippen LogP contribution in [0.25, 0.3) is 0 Å². The van der Waals surface area contributed by atoms with Gasteiger partial charge in [-0.3, -0.25) is 4.79 Å². The average Bonchev–Trinajstić information content (AvgIpc) is 2.13.